The van der Waals surface area contributed by atoms with Crippen LogP contribution in [0.25, 0.3) is 0 Å². The second-order valence-electron chi connectivity index (χ2n) is 3.92. The lowest BCUT2D eigenvalue weighted by Gasteiger charge is -2.13. The number of nitrogens with zero attached hydrogens (tertiary/aromatic N) is 1. The van der Waals surface area contributed by atoms with E-state index in [1.807, 2.05) is 0 Å². The van der Waals surface area contributed by atoms with Crippen molar-refractivity contribution in [1.29, 1.82) is 0 Å². The first kappa shape index (κ1) is 7.90. The Morgan fingerprint density at radius 1 is 1.50 bits per heavy atom. The molecule has 3 nitrogen and oxygen atoms in total. The van der Waals surface area contributed by atoms with Crippen LogP contribution in [0.2, 0.25) is 0 Å². The van der Waals surface area contributed by atoms with Crippen LogP contribution in [0.4, 0.5) is 0 Å². The first-order valence-electron chi connectivity index (χ1n) is 4.89. The smallest absolute Gasteiger partial charge is 0.191 e. The summed E-state index contributed by atoms with van der Waals surface area (Å²) in [6.07, 6.45) is 3.98. The molecule has 12 heavy (non-hydrogen) atoms. The second kappa shape index (κ2) is 3.33. The minimum atomic E-state index is 0.671. The highest BCUT2D eigenvalue weighted by Gasteiger charge is 2.22. The van der Waals surface area contributed by atoms with Gasteiger partial charge in [-0.3, -0.25) is 4.99 Å². The summed E-state index contributed by atoms with van der Waals surface area (Å²) in [6, 6.07) is 0.671. The van der Waals surface area contributed by atoms with Crippen molar-refractivity contribution in [2.45, 2.75) is 32.2 Å². The van der Waals surface area contributed by atoms with Gasteiger partial charge in [-0.25, -0.2) is 0 Å². The largest absolute Gasteiger partial charge is 0.355 e. The van der Waals surface area contributed by atoms with E-state index in [2.05, 4.69) is 22.5 Å². The summed E-state index contributed by atoms with van der Waals surface area (Å²) in [4.78, 5) is 4.32. The van der Waals surface area contributed by atoms with Crippen molar-refractivity contribution < 1.29 is 0 Å². The van der Waals surface area contributed by atoms with Crippen LogP contribution in [0.15, 0.2) is 4.99 Å². The lowest BCUT2D eigenvalue weighted by molar-refractivity contribution is 0.567. The Bertz CT molecular complexity index is 188. The number of hydrogen-bond acceptors (Lipinski definition) is 3. The predicted octanol–water partition coefficient (Wildman–Crippen LogP) is 0.724. The normalized spacial score (nSPS) is 34.6. The fourth-order valence-corrected chi connectivity index (χ4v) is 2.03. The molecule has 0 radical (unpaired) electrons. The van der Waals surface area contributed by atoms with Crippen LogP contribution in [0, 0.1) is 5.92 Å². The van der Waals surface area contributed by atoms with Gasteiger partial charge in [0.15, 0.2) is 5.96 Å². The lowest BCUT2D eigenvalue weighted by Crippen LogP contribution is -2.39. The molecule has 2 N–H and O–H groups in total. The summed E-state index contributed by atoms with van der Waals surface area (Å²) in [5.41, 5.74) is 0. The fourth-order valence-electron chi connectivity index (χ4n) is 2.03. The van der Waals surface area contributed by atoms with E-state index >= 15 is 0 Å². The fraction of sp³-hybridized carbons (Fsp3) is 0.889. The van der Waals surface area contributed by atoms with Crippen molar-refractivity contribution in [3.05, 3.63) is 0 Å². The third kappa shape index (κ3) is 1.71. The minimum absolute atomic E-state index is 0.671. The van der Waals surface area contributed by atoms with Crippen LogP contribution in [-0.2, 0) is 0 Å². The molecule has 1 aliphatic carbocycles. The summed E-state index contributed by atoms with van der Waals surface area (Å²) in [5.74, 6) is 1.92. The van der Waals surface area contributed by atoms with Gasteiger partial charge in [0.2, 0.25) is 0 Å². The molecule has 68 valence electrons. The first-order chi connectivity index (χ1) is 5.84. The molecule has 0 spiro atoms. The van der Waals surface area contributed by atoms with Crippen molar-refractivity contribution >= 4 is 5.96 Å². The maximum atomic E-state index is 4.32. The van der Waals surface area contributed by atoms with E-state index in [4.69, 9.17) is 0 Å². The van der Waals surface area contributed by atoms with E-state index in [0.717, 1.165) is 25.0 Å². The molecule has 0 aromatic carbocycles. The molecule has 0 amide bonds. The highest BCUT2D eigenvalue weighted by molar-refractivity contribution is 5.81. The Morgan fingerprint density at radius 2 is 2.42 bits per heavy atom. The molecule has 2 atom stereocenters. The number of guanidine groups is 1. The van der Waals surface area contributed by atoms with Crippen molar-refractivity contribution in [2.75, 3.05) is 13.1 Å². The SMILES string of the molecule is CC1CCC(NC2=NCCN2)C1. The average Bonchev–Trinajstić information content (AvgIpc) is 2.63. The van der Waals surface area contributed by atoms with Gasteiger partial charge in [-0.2, -0.15) is 0 Å². The molecule has 1 aliphatic heterocycles. The highest BCUT2D eigenvalue weighted by atomic mass is 15.2. The second-order valence-corrected chi connectivity index (χ2v) is 3.92. The van der Waals surface area contributed by atoms with Crippen molar-refractivity contribution in [3.63, 3.8) is 0 Å². The van der Waals surface area contributed by atoms with Gasteiger partial charge in [0.25, 0.3) is 0 Å². The molecule has 0 aromatic rings. The molecule has 2 unspecified atom stereocenters. The zero-order chi connectivity index (χ0) is 8.39. The van der Waals surface area contributed by atoms with Crippen molar-refractivity contribution in [1.82, 2.24) is 10.6 Å². The summed E-state index contributed by atoms with van der Waals surface area (Å²) in [6.45, 7) is 4.26. The standard InChI is InChI=1S/C9H17N3/c1-7-2-3-8(6-7)12-9-10-4-5-11-9/h7-8H,2-6H2,1H3,(H2,10,11,12). The number of rotatable bonds is 1. The van der Waals surface area contributed by atoms with Gasteiger partial charge in [-0.05, 0) is 25.2 Å². The van der Waals surface area contributed by atoms with Gasteiger partial charge in [-0.15, -0.1) is 0 Å². The van der Waals surface area contributed by atoms with Gasteiger partial charge in [0, 0.05) is 12.6 Å². The summed E-state index contributed by atoms with van der Waals surface area (Å²) < 4.78 is 0. The van der Waals surface area contributed by atoms with Gasteiger partial charge in [-0.1, -0.05) is 6.92 Å². The Hall–Kier alpha value is -0.730. The van der Waals surface area contributed by atoms with Crippen LogP contribution in [0.1, 0.15) is 26.2 Å². The van der Waals surface area contributed by atoms with E-state index in [9.17, 15) is 0 Å². The van der Waals surface area contributed by atoms with E-state index < -0.39 is 0 Å². The topological polar surface area (TPSA) is 36.4 Å². The van der Waals surface area contributed by atoms with Gasteiger partial charge in [0.05, 0.1) is 6.54 Å². The van der Waals surface area contributed by atoms with E-state index in [-0.39, 0.29) is 0 Å². The molecule has 3 heteroatoms. The summed E-state index contributed by atoms with van der Waals surface area (Å²) >= 11 is 0. The monoisotopic (exact) mass is 167 g/mol. The third-order valence-corrected chi connectivity index (χ3v) is 2.71. The predicted molar refractivity (Wildman–Crippen MR) is 50.2 cm³/mol. The van der Waals surface area contributed by atoms with Crippen LogP contribution < -0.4 is 10.6 Å². The zero-order valence-corrected chi connectivity index (χ0v) is 7.64. The Morgan fingerprint density at radius 3 is 3.00 bits per heavy atom. The summed E-state index contributed by atoms with van der Waals surface area (Å²) in [7, 11) is 0. The Kier molecular flexibility index (Phi) is 2.19. The molecular formula is C9H17N3. The minimum Gasteiger partial charge on any atom is -0.355 e. The molecule has 2 rings (SSSR count). The number of nitrogens with one attached hydrogen (secondary N) is 2. The van der Waals surface area contributed by atoms with E-state index in [1.165, 1.54) is 19.3 Å². The quantitative estimate of drug-likeness (QED) is 0.604. The molecule has 0 bridgehead atoms. The van der Waals surface area contributed by atoms with Gasteiger partial charge >= 0.3 is 0 Å². The highest BCUT2D eigenvalue weighted by Crippen LogP contribution is 2.24. The molecule has 1 heterocycles. The zero-order valence-electron chi connectivity index (χ0n) is 7.64. The van der Waals surface area contributed by atoms with Gasteiger partial charge in [0.1, 0.15) is 0 Å². The molecule has 2 aliphatic rings. The molecule has 1 fully saturated rings. The molecular weight excluding hydrogens is 150 g/mol. The lowest BCUT2D eigenvalue weighted by atomic mass is 10.1. The number of aliphatic imine (C=N–C) groups is 1. The Labute approximate surface area is 73.6 Å². The first-order valence-corrected chi connectivity index (χ1v) is 4.89. The van der Waals surface area contributed by atoms with E-state index in [1.54, 1.807) is 0 Å². The van der Waals surface area contributed by atoms with Crippen molar-refractivity contribution in [2.24, 2.45) is 10.9 Å². The molecule has 0 aromatic heterocycles. The Balaban J connectivity index is 1.79. The van der Waals surface area contributed by atoms with Crippen LogP contribution in [-0.4, -0.2) is 25.1 Å². The van der Waals surface area contributed by atoms with Gasteiger partial charge < -0.3 is 10.6 Å². The third-order valence-electron chi connectivity index (χ3n) is 2.71. The average molecular weight is 167 g/mol. The summed E-state index contributed by atoms with van der Waals surface area (Å²) in [5, 5.41) is 6.68. The maximum absolute atomic E-state index is 4.32. The van der Waals surface area contributed by atoms with Crippen LogP contribution in [0.5, 0.6) is 0 Å². The van der Waals surface area contributed by atoms with E-state index in [0.29, 0.717) is 6.04 Å². The van der Waals surface area contributed by atoms with Crippen molar-refractivity contribution in [3.8, 4) is 0 Å². The maximum Gasteiger partial charge on any atom is 0.191 e. The number of hydrogen-bond donors (Lipinski definition) is 2. The van der Waals surface area contributed by atoms with Crippen LogP contribution in [0.3, 0.4) is 0 Å². The molecule has 0 saturated heterocycles. The van der Waals surface area contributed by atoms with Crippen LogP contribution >= 0.6 is 0 Å². The molecule has 1 saturated carbocycles.